The Morgan fingerprint density at radius 1 is 0.255 bits per heavy atom. The Balaban J connectivity index is 0.000000142. The van der Waals surface area contributed by atoms with Crippen LogP contribution in [0.15, 0.2) is 302 Å². The first kappa shape index (κ1) is 78.3. The summed E-state index contributed by atoms with van der Waals surface area (Å²) in [5, 5.41) is 5.77. The number of terminal acetylenes is 2. The van der Waals surface area contributed by atoms with Gasteiger partial charge in [-0.25, -0.2) is 69.5 Å². The summed E-state index contributed by atoms with van der Waals surface area (Å²) in [7, 11) is 0. The highest BCUT2D eigenvalue weighted by Crippen LogP contribution is 2.44. The van der Waals surface area contributed by atoms with Crippen LogP contribution in [0.4, 0.5) is 21.9 Å². The van der Waals surface area contributed by atoms with E-state index in [0.717, 1.165) is 43.8 Å². The predicted octanol–water partition coefficient (Wildman–Crippen LogP) is 25.4. The number of hydrogen-bond acceptors (Lipinski definition) is 27. The number of carbonyl (C=O) groups is 3. The van der Waals surface area contributed by atoms with Crippen molar-refractivity contribution in [1.82, 2.24) is 59.8 Å². The maximum atomic E-state index is 14.0. The van der Waals surface area contributed by atoms with E-state index in [4.69, 9.17) is 116 Å². The number of benzene rings is 14. The van der Waals surface area contributed by atoms with E-state index in [-0.39, 0.29) is 40.4 Å². The predicted molar refractivity (Wildman–Crippen MR) is 510 cm³/mol. The summed E-state index contributed by atoms with van der Waals surface area (Å²) in [6.45, 7) is 7.62. The van der Waals surface area contributed by atoms with Crippen LogP contribution in [0.1, 0.15) is 54.8 Å². The lowest BCUT2D eigenvalue weighted by atomic mass is 10.1. The average Bonchev–Trinajstić information content (AvgIpc) is 1.61. The van der Waals surface area contributed by atoms with Crippen molar-refractivity contribution in [3.05, 3.63) is 294 Å². The summed E-state index contributed by atoms with van der Waals surface area (Å²) in [5.41, 5.74) is 24.9. The number of carbonyl (C=O) groups excluding carboxylic acids is 3. The zero-order chi connectivity index (χ0) is 91.9. The number of urea groups is 1. The van der Waals surface area contributed by atoms with Crippen LogP contribution in [0.2, 0.25) is 0 Å². The van der Waals surface area contributed by atoms with Crippen LogP contribution in [0.5, 0.6) is 0 Å². The molecule has 2 N–H and O–H groups in total. The standard InChI is InChI=1S/C54H27N7O8.C53H30N8O7/c1-4-27-11-12-34-35(14-27)54(63)61(53(34)62)33-17-31(51-59-40-23-44-38(21-46(40)68-51)56-48(65-44)28-8-5-7-25(2)13-28)16-32(18-33)52-60-41-24-45-39(22-47(41)69-52)58-50(67-45)30-10-6-9-29(15-30)49-57-37-20-42-36(19-43(37)66-49)55-26(3)64-42;1-4-28-9-6-13-34(15-28)55-53(62)56-35-18-32(51-60-40-24-44-38(22-46(40)67-51)57-48(64-44)29-10-5-8-26(2)14-29)17-33(19-35)52-61-41-25-45-39(23-47(41)68-52)59-50(66-45)31-12-7-11-30(16-31)49-58-37-21-42-36(20-43(37)65-49)54-27(3)63-42/h1,5-24H,2-3H3;1,5-25H,2-3H3,(H2,55,56,62). The van der Waals surface area contributed by atoms with Gasteiger partial charge in [0.05, 0.1) is 16.8 Å². The highest BCUT2D eigenvalue weighted by molar-refractivity contribution is 6.35. The van der Waals surface area contributed by atoms with Crippen molar-refractivity contribution < 1.29 is 67.4 Å². The van der Waals surface area contributed by atoms with E-state index in [9.17, 15) is 14.4 Å². The molecule has 0 atom stereocenters. The number of nitrogens with one attached hydrogen (secondary N) is 2. The molecule has 0 fully saturated rings. The molecule has 0 unspecified atom stereocenters. The van der Waals surface area contributed by atoms with Gasteiger partial charge in [-0.15, -0.1) is 12.8 Å². The van der Waals surface area contributed by atoms with Gasteiger partial charge in [-0.2, -0.15) is 0 Å². The highest BCUT2D eigenvalue weighted by atomic mass is 16.4. The van der Waals surface area contributed by atoms with Gasteiger partial charge < -0.3 is 63.6 Å². The molecule has 0 spiro atoms. The Bertz CT molecular complexity index is 9500. The summed E-state index contributed by atoms with van der Waals surface area (Å²) in [4.78, 5) is 99.2. The number of anilines is 3. The molecule has 0 bridgehead atoms. The monoisotopic (exact) mass is 1790 g/mol. The summed E-state index contributed by atoms with van der Waals surface area (Å²) >= 11 is 0. The minimum Gasteiger partial charge on any atom is -0.441 e. The molecule has 1 aliphatic heterocycles. The molecule has 137 heavy (non-hydrogen) atoms. The lowest BCUT2D eigenvalue weighted by molar-refractivity contribution is 0.0925. The van der Waals surface area contributed by atoms with Gasteiger partial charge in [-0.3, -0.25) is 9.59 Å². The van der Waals surface area contributed by atoms with Crippen molar-refractivity contribution in [2.45, 2.75) is 27.7 Å². The van der Waals surface area contributed by atoms with E-state index in [1.807, 2.05) is 141 Å². The van der Waals surface area contributed by atoms with Gasteiger partial charge >= 0.3 is 6.03 Å². The first-order chi connectivity index (χ1) is 66.8. The molecule has 14 aromatic carbocycles. The number of amides is 4. The average molecular weight is 1790 g/mol. The van der Waals surface area contributed by atoms with Gasteiger partial charge in [0.2, 0.25) is 58.9 Å². The van der Waals surface area contributed by atoms with Crippen LogP contribution < -0.4 is 15.5 Å². The summed E-state index contributed by atoms with van der Waals surface area (Å²) < 4.78 is 74.1. The third kappa shape index (κ3) is 13.8. The Morgan fingerprint density at radius 3 is 0.847 bits per heavy atom. The zero-order valence-corrected chi connectivity index (χ0v) is 71.8. The Morgan fingerprint density at radius 2 is 0.518 bits per heavy atom. The lowest BCUT2D eigenvalue weighted by Crippen LogP contribution is -2.29. The maximum Gasteiger partial charge on any atom is 0.323 e. The smallest absolute Gasteiger partial charge is 0.323 e. The number of aryl methyl sites for hydroxylation is 4. The molecule has 0 saturated carbocycles. The molecule has 30 heteroatoms. The van der Waals surface area contributed by atoms with Crippen molar-refractivity contribution >= 4 is 168 Å². The number of hydrogen-bond donors (Lipinski definition) is 2. The van der Waals surface area contributed by atoms with Crippen LogP contribution in [0.3, 0.4) is 0 Å². The van der Waals surface area contributed by atoms with Crippen LogP contribution in [0, 0.1) is 52.4 Å². The highest BCUT2D eigenvalue weighted by Gasteiger charge is 2.38. The molecule has 0 radical (unpaired) electrons. The number of aromatic nitrogens is 12. The molecule has 4 amide bonds. The van der Waals surface area contributed by atoms with Crippen LogP contribution in [0.25, 0.3) is 248 Å². The second-order valence-corrected chi connectivity index (χ2v) is 33.0. The van der Waals surface area contributed by atoms with Gasteiger partial charge in [0.1, 0.15) is 66.2 Å². The van der Waals surface area contributed by atoms with E-state index < -0.39 is 17.8 Å². The lowest BCUT2D eigenvalue weighted by Gasteiger charge is -2.16. The van der Waals surface area contributed by atoms with Crippen LogP contribution in [-0.4, -0.2) is 77.7 Å². The van der Waals surface area contributed by atoms with Gasteiger partial charge in [0, 0.05) is 165 Å². The third-order valence-corrected chi connectivity index (χ3v) is 23.5. The van der Waals surface area contributed by atoms with E-state index in [2.05, 4.69) is 32.4 Å². The summed E-state index contributed by atoms with van der Waals surface area (Å²) in [6, 6.07) is 74.1. The number of nitrogens with zero attached hydrogens (tertiary/aromatic N) is 13. The second-order valence-electron chi connectivity index (χ2n) is 33.0. The summed E-state index contributed by atoms with van der Waals surface area (Å²) in [5.74, 6) is 8.76. The maximum absolute atomic E-state index is 14.0. The first-order valence-corrected chi connectivity index (χ1v) is 42.9. The topological polar surface area (TPSA) is 391 Å². The number of fused-ring (bicyclic) bond motifs is 13. The number of oxazole rings is 12. The zero-order valence-electron chi connectivity index (χ0n) is 71.8. The second kappa shape index (κ2) is 30.2. The Kier molecular flexibility index (Phi) is 17.2. The van der Waals surface area contributed by atoms with Crippen LogP contribution in [-0.2, 0) is 0 Å². The van der Waals surface area contributed by atoms with Crippen molar-refractivity contribution in [3.8, 4) is 139 Å². The quantitative estimate of drug-likeness (QED) is 0.0799. The van der Waals surface area contributed by atoms with E-state index >= 15 is 0 Å². The fraction of sp³-hybridized carbons (Fsp3) is 0.0374. The minimum atomic E-state index is -0.536. The molecule has 12 aromatic heterocycles. The molecule has 0 saturated heterocycles. The fourth-order valence-electron chi connectivity index (χ4n) is 17.2. The van der Waals surface area contributed by atoms with E-state index in [0.29, 0.717) is 231 Å². The Hall–Kier alpha value is -19.7. The van der Waals surface area contributed by atoms with E-state index in [1.54, 1.807) is 129 Å². The van der Waals surface area contributed by atoms with Crippen LogP contribution >= 0.6 is 0 Å². The van der Waals surface area contributed by atoms with Crippen molar-refractivity contribution in [2.24, 2.45) is 0 Å². The molecule has 26 aromatic rings. The molecule has 1 aliphatic rings. The van der Waals surface area contributed by atoms with E-state index in [1.165, 1.54) is 6.07 Å². The normalized spacial score (nSPS) is 12.3. The van der Waals surface area contributed by atoms with Crippen molar-refractivity contribution in [2.75, 3.05) is 15.5 Å². The minimum absolute atomic E-state index is 0.193. The van der Waals surface area contributed by atoms with Gasteiger partial charge in [-0.05, 0) is 147 Å². The molecule has 13 heterocycles. The molecular weight excluding hydrogens is 1740 g/mol. The SMILES string of the molecule is C#Cc1ccc2c(c1)C(=O)N(c1cc(-c3nc4cc5oc(-c6cccc(C)c6)nc5cc4o3)cc(-c3nc4cc5oc(-c6cccc(-c7nc8cc9oc(C)nc9cc8o7)c6)nc5cc4o3)c1)C2=O.C#Cc1cccc(NC(=O)Nc2cc(-c3nc4cc5oc(-c6cccc(C)c6)nc5cc4o3)cc(-c3nc4cc5oc(-c6cccc(-c7nc8cc9oc(C)nc9cc8o7)c6)nc5cc4o3)c2)c1. The number of imide groups is 1. The number of rotatable bonds is 13. The first-order valence-electron chi connectivity index (χ1n) is 42.9. The summed E-state index contributed by atoms with van der Waals surface area (Å²) in [6.07, 6.45) is 11.2. The van der Waals surface area contributed by atoms with Gasteiger partial charge in [-0.1, -0.05) is 65.4 Å². The molecule has 27 rings (SSSR count). The van der Waals surface area contributed by atoms with Gasteiger partial charge in [0.25, 0.3) is 11.8 Å². The largest absolute Gasteiger partial charge is 0.441 e. The van der Waals surface area contributed by atoms with Gasteiger partial charge in [0.15, 0.2) is 78.8 Å². The fourth-order valence-corrected chi connectivity index (χ4v) is 17.2. The van der Waals surface area contributed by atoms with Crippen molar-refractivity contribution in [3.63, 3.8) is 0 Å². The Labute approximate surface area is 767 Å². The third-order valence-electron chi connectivity index (χ3n) is 23.5. The molecule has 30 nitrogen and oxygen atoms in total. The van der Waals surface area contributed by atoms with Crippen molar-refractivity contribution in [1.29, 1.82) is 0 Å². The molecule has 0 aliphatic carbocycles. The molecular formula is C107H57N15O15. The molecule has 650 valence electrons.